The van der Waals surface area contributed by atoms with Crippen molar-refractivity contribution in [1.82, 2.24) is 5.32 Å². The lowest BCUT2D eigenvalue weighted by molar-refractivity contribution is -0.127. The van der Waals surface area contributed by atoms with Gasteiger partial charge in [0.2, 0.25) is 0 Å². The van der Waals surface area contributed by atoms with Gasteiger partial charge in [-0.15, -0.1) is 0 Å². The van der Waals surface area contributed by atoms with Crippen molar-refractivity contribution in [3.05, 3.63) is 64.7 Å². The molecule has 2 rings (SSSR count). The van der Waals surface area contributed by atoms with Crippen LogP contribution in [-0.4, -0.2) is 18.6 Å². The van der Waals surface area contributed by atoms with Crippen LogP contribution in [0.15, 0.2) is 48.5 Å². The highest BCUT2D eigenvalue weighted by Gasteiger charge is 2.16. The molecular weight excluding hydrogens is 334 g/mol. The zero-order valence-corrected chi connectivity index (χ0v) is 15.8. The first-order valence-corrected chi connectivity index (χ1v) is 9.13. The summed E-state index contributed by atoms with van der Waals surface area (Å²) in [5.74, 6) is 1.02. The normalized spacial score (nSPS) is 12.0. The summed E-state index contributed by atoms with van der Waals surface area (Å²) in [5.41, 5.74) is 2.22. The van der Waals surface area contributed by atoms with Crippen LogP contribution >= 0.6 is 11.6 Å². The van der Waals surface area contributed by atoms with E-state index < -0.39 is 6.10 Å². The molecule has 2 aromatic rings. The molecule has 0 fully saturated rings. The third-order valence-electron chi connectivity index (χ3n) is 4.09. The molecule has 134 valence electrons. The van der Waals surface area contributed by atoms with Crippen LogP contribution in [0.1, 0.15) is 44.2 Å². The molecule has 0 unspecified atom stereocenters. The van der Waals surface area contributed by atoms with E-state index in [1.54, 1.807) is 6.92 Å². The van der Waals surface area contributed by atoms with Gasteiger partial charge in [0, 0.05) is 11.6 Å². The van der Waals surface area contributed by atoms with Crippen LogP contribution in [0.3, 0.4) is 0 Å². The number of para-hydroxylation sites is 1. The smallest absolute Gasteiger partial charge is 0.260 e. The summed E-state index contributed by atoms with van der Waals surface area (Å²) in [4.78, 5) is 12.2. The third kappa shape index (κ3) is 5.79. The summed E-state index contributed by atoms with van der Waals surface area (Å²) in [6, 6.07) is 15.7. The lowest BCUT2D eigenvalue weighted by atomic mass is 10.0. The van der Waals surface area contributed by atoms with E-state index in [1.807, 2.05) is 48.5 Å². The highest BCUT2D eigenvalue weighted by molar-refractivity contribution is 6.31. The van der Waals surface area contributed by atoms with Gasteiger partial charge >= 0.3 is 0 Å². The van der Waals surface area contributed by atoms with E-state index in [4.69, 9.17) is 16.3 Å². The Bertz CT molecular complexity index is 700. The highest BCUT2D eigenvalue weighted by Crippen LogP contribution is 2.26. The number of hydrogen-bond acceptors (Lipinski definition) is 2. The van der Waals surface area contributed by atoms with Gasteiger partial charge in [0.15, 0.2) is 6.10 Å². The number of aryl methyl sites for hydroxylation is 1. The molecule has 1 amide bonds. The molecule has 0 bridgehead atoms. The Balaban J connectivity index is 1.80. The summed E-state index contributed by atoms with van der Waals surface area (Å²) in [6.45, 7) is 6.60. The second kappa shape index (κ2) is 9.47. The lowest BCUT2D eigenvalue weighted by Gasteiger charge is -2.18. The summed E-state index contributed by atoms with van der Waals surface area (Å²) < 4.78 is 5.87. The topological polar surface area (TPSA) is 38.3 Å². The zero-order valence-electron chi connectivity index (χ0n) is 15.1. The van der Waals surface area contributed by atoms with Crippen molar-refractivity contribution in [3.8, 4) is 5.75 Å². The molecule has 0 aromatic heterocycles. The van der Waals surface area contributed by atoms with Gasteiger partial charge in [0.05, 0.1) is 0 Å². The first-order chi connectivity index (χ1) is 12.0. The molecule has 0 saturated carbocycles. The maximum absolute atomic E-state index is 12.2. The Kier molecular flexibility index (Phi) is 7.32. The average molecular weight is 360 g/mol. The fourth-order valence-electron chi connectivity index (χ4n) is 2.64. The number of rotatable bonds is 8. The summed E-state index contributed by atoms with van der Waals surface area (Å²) in [6.07, 6.45) is 1.15. The van der Waals surface area contributed by atoms with Crippen molar-refractivity contribution < 1.29 is 9.53 Å². The van der Waals surface area contributed by atoms with E-state index in [2.05, 4.69) is 19.2 Å². The molecule has 0 aliphatic heterocycles. The van der Waals surface area contributed by atoms with Gasteiger partial charge in [-0.2, -0.15) is 0 Å². The van der Waals surface area contributed by atoms with E-state index in [1.165, 1.54) is 0 Å². The van der Waals surface area contributed by atoms with E-state index in [9.17, 15) is 4.79 Å². The maximum Gasteiger partial charge on any atom is 0.260 e. The molecule has 0 radical (unpaired) electrons. The molecule has 3 nitrogen and oxygen atoms in total. The first-order valence-electron chi connectivity index (χ1n) is 8.75. The van der Waals surface area contributed by atoms with Crippen molar-refractivity contribution in [1.29, 1.82) is 0 Å². The van der Waals surface area contributed by atoms with Crippen molar-refractivity contribution in [2.24, 2.45) is 0 Å². The van der Waals surface area contributed by atoms with Gasteiger partial charge < -0.3 is 10.1 Å². The minimum Gasteiger partial charge on any atom is -0.481 e. The van der Waals surface area contributed by atoms with Gasteiger partial charge in [-0.1, -0.05) is 61.8 Å². The Morgan fingerprint density at radius 1 is 1.08 bits per heavy atom. The Labute approximate surface area is 155 Å². The summed E-state index contributed by atoms with van der Waals surface area (Å²) in [7, 11) is 0. The van der Waals surface area contributed by atoms with Gasteiger partial charge in [0.1, 0.15) is 5.75 Å². The molecular formula is C21H26ClNO2. The maximum atomic E-state index is 12.2. The average Bonchev–Trinajstić information content (AvgIpc) is 2.60. The van der Waals surface area contributed by atoms with Gasteiger partial charge in [-0.3, -0.25) is 4.79 Å². The summed E-state index contributed by atoms with van der Waals surface area (Å²) >= 11 is 6.14. The molecule has 0 heterocycles. The molecule has 25 heavy (non-hydrogen) atoms. The van der Waals surface area contributed by atoms with E-state index >= 15 is 0 Å². The second-order valence-corrected chi connectivity index (χ2v) is 6.85. The second-order valence-electron chi connectivity index (χ2n) is 6.44. The number of ether oxygens (including phenoxy) is 1. The van der Waals surface area contributed by atoms with Crippen LogP contribution in [0.25, 0.3) is 0 Å². The number of hydrogen-bond donors (Lipinski definition) is 1. The monoisotopic (exact) mass is 359 g/mol. The van der Waals surface area contributed by atoms with Crippen LogP contribution in [-0.2, 0) is 11.2 Å². The quantitative estimate of drug-likeness (QED) is 0.675. The summed E-state index contributed by atoms with van der Waals surface area (Å²) in [5, 5.41) is 3.71. The van der Waals surface area contributed by atoms with Crippen LogP contribution in [0.2, 0.25) is 5.02 Å². The molecule has 0 saturated heterocycles. The largest absolute Gasteiger partial charge is 0.481 e. The standard InChI is InChI=1S/C21H26ClNO2/c1-15(2)18-11-5-7-13-20(18)25-16(3)21(24)23-14-8-10-17-9-4-6-12-19(17)22/h4-7,9,11-13,15-16H,8,10,14H2,1-3H3,(H,23,24)/t16-/m1/s1. The van der Waals surface area contributed by atoms with Crippen molar-refractivity contribution in [3.63, 3.8) is 0 Å². The Hall–Kier alpha value is -2.00. The number of nitrogens with one attached hydrogen (secondary N) is 1. The fourth-order valence-corrected chi connectivity index (χ4v) is 2.87. The molecule has 1 atom stereocenters. The number of halogens is 1. The predicted molar refractivity (Wildman–Crippen MR) is 103 cm³/mol. The minimum atomic E-state index is -0.528. The molecule has 0 aliphatic carbocycles. The Morgan fingerprint density at radius 2 is 1.76 bits per heavy atom. The van der Waals surface area contributed by atoms with Gasteiger partial charge in [0.25, 0.3) is 5.91 Å². The van der Waals surface area contributed by atoms with Crippen LogP contribution in [0.4, 0.5) is 0 Å². The minimum absolute atomic E-state index is 0.0993. The number of benzene rings is 2. The van der Waals surface area contributed by atoms with Gasteiger partial charge in [-0.25, -0.2) is 0 Å². The van der Waals surface area contributed by atoms with Crippen LogP contribution in [0.5, 0.6) is 5.75 Å². The lowest BCUT2D eigenvalue weighted by Crippen LogP contribution is -2.37. The van der Waals surface area contributed by atoms with Crippen molar-refractivity contribution in [2.45, 2.75) is 45.6 Å². The van der Waals surface area contributed by atoms with Crippen molar-refractivity contribution >= 4 is 17.5 Å². The number of amides is 1. The fraction of sp³-hybridized carbons (Fsp3) is 0.381. The third-order valence-corrected chi connectivity index (χ3v) is 4.46. The SMILES string of the molecule is CC(C)c1ccccc1O[C@H](C)C(=O)NCCCc1ccccc1Cl. The molecule has 2 aromatic carbocycles. The van der Waals surface area contributed by atoms with Crippen LogP contribution in [0, 0.1) is 0 Å². The number of carbonyl (C=O) groups is 1. The molecule has 0 aliphatic rings. The first kappa shape index (κ1) is 19.3. The molecule has 0 spiro atoms. The number of carbonyl (C=O) groups excluding carboxylic acids is 1. The van der Waals surface area contributed by atoms with Crippen LogP contribution < -0.4 is 10.1 Å². The molecule has 4 heteroatoms. The van der Waals surface area contributed by atoms with E-state index in [-0.39, 0.29) is 5.91 Å². The zero-order chi connectivity index (χ0) is 18.2. The molecule has 1 N–H and O–H groups in total. The van der Waals surface area contributed by atoms with Gasteiger partial charge in [-0.05, 0) is 48.9 Å². The highest BCUT2D eigenvalue weighted by atomic mass is 35.5. The van der Waals surface area contributed by atoms with E-state index in [0.29, 0.717) is 12.5 Å². The van der Waals surface area contributed by atoms with Crippen molar-refractivity contribution in [2.75, 3.05) is 6.54 Å². The predicted octanol–water partition coefficient (Wildman–Crippen LogP) is 4.98. The van der Waals surface area contributed by atoms with E-state index in [0.717, 1.165) is 34.7 Å². The Morgan fingerprint density at radius 3 is 2.48 bits per heavy atom.